The molecule has 0 saturated carbocycles. The molecule has 0 aliphatic rings. The molecule has 0 saturated heterocycles. The zero-order valence-corrected chi connectivity index (χ0v) is 20.0. The van der Waals surface area contributed by atoms with Crippen LogP contribution in [-0.2, 0) is 12.5 Å². The second-order valence-corrected chi connectivity index (χ2v) is 8.63. The Balaban J connectivity index is 1.60. The van der Waals surface area contributed by atoms with Crippen LogP contribution in [0, 0.1) is 29.1 Å². The third-order valence-corrected chi connectivity index (χ3v) is 6.05. The molecular formula is C28H18ClF7O. The maximum atomic E-state index is 15.0. The topological polar surface area (TPSA) is 9.23 Å². The molecule has 0 unspecified atom stereocenters. The van der Waals surface area contributed by atoms with Crippen molar-refractivity contribution in [3.63, 3.8) is 0 Å². The minimum absolute atomic E-state index is 0.205. The van der Waals surface area contributed by atoms with Gasteiger partial charge in [0.15, 0.2) is 23.3 Å². The lowest BCUT2D eigenvalue weighted by molar-refractivity contribution is -0.187. The van der Waals surface area contributed by atoms with Gasteiger partial charge in [-0.05, 0) is 53.4 Å². The Kier molecular flexibility index (Phi) is 7.50. The summed E-state index contributed by atoms with van der Waals surface area (Å²) in [5.41, 5.74) is -0.120. The zero-order valence-electron chi connectivity index (χ0n) is 19.2. The molecule has 0 amide bonds. The van der Waals surface area contributed by atoms with Crippen LogP contribution in [0.4, 0.5) is 30.7 Å². The maximum Gasteiger partial charge on any atom is 0.429 e. The maximum absolute atomic E-state index is 15.0. The van der Waals surface area contributed by atoms with Crippen molar-refractivity contribution in [1.29, 1.82) is 0 Å². The average molecular weight is 539 g/mol. The quantitative estimate of drug-likeness (QED) is 0.168. The van der Waals surface area contributed by atoms with Crippen molar-refractivity contribution < 1.29 is 35.5 Å². The molecule has 0 spiro atoms. The lowest BCUT2D eigenvalue weighted by atomic mass is 10.0. The van der Waals surface area contributed by atoms with Crippen LogP contribution >= 0.6 is 11.6 Å². The van der Waals surface area contributed by atoms with E-state index in [1.54, 1.807) is 12.1 Å². The normalized spacial score (nSPS) is 11.6. The Morgan fingerprint density at radius 2 is 1.32 bits per heavy atom. The van der Waals surface area contributed by atoms with Crippen LogP contribution in [-0.4, -0.2) is 0 Å². The largest absolute Gasteiger partial charge is 0.429 e. The van der Waals surface area contributed by atoms with Gasteiger partial charge >= 0.3 is 6.11 Å². The molecule has 0 bridgehead atoms. The van der Waals surface area contributed by atoms with E-state index in [2.05, 4.69) is 4.74 Å². The van der Waals surface area contributed by atoms with Gasteiger partial charge in [-0.2, -0.15) is 8.78 Å². The Labute approximate surface area is 213 Å². The summed E-state index contributed by atoms with van der Waals surface area (Å²) in [6.07, 6.45) is -2.46. The van der Waals surface area contributed by atoms with Crippen molar-refractivity contribution in [3.8, 4) is 28.0 Å². The van der Waals surface area contributed by atoms with Crippen LogP contribution in [0.25, 0.3) is 22.3 Å². The SMILES string of the molecule is CCCc1ccc(-c2ccc(C(F)(F)Oc3ccc(-c4cc(F)c(F)c(F)c4)c(F)c3)c(F)c2Cl)cc1. The highest BCUT2D eigenvalue weighted by molar-refractivity contribution is 6.33. The van der Waals surface area contributed by atoms with Crippen molar-refractivity contribution in [1.82, 2.24) is 0 Å². The van der Waals surface area contributed by atoms with Gasteiger partial charge in [0.05, 0.1) is 5.02 Å². The van der Waals surface area contributed by atoms with E-state index in [-0.39, 0.29) is 11.1 Å². The summed E-state index contributed by atoms with van der Waals surface area (Å²) in [5.74, 6) is -8.11. The fourth-order valence-electron chi connectivity index (χ4n) is 3.84. The molecule has 4 rings (SSSR count). The molecule has 0 N–H and O–H groups in total. The molecule has 0 heterocycles. The summed E-state index contributed by atoms with van der Waals surface area (Å²) in [6.45, 7) is 2.03. The van der Waals surface area contributed by atoms with Gasteiger partial charge in [0.1, 0.15) is 17.1 Å². The molecule has 0 aliphatic carbocycles. The second-order valence-electron chi connectivity index (χ2n) is 8.25. The lowest BCUT2D eigenvalue weighted by Crippen LogP contribution is -2.23. The van der Waals surface area contributed by atoms with Crippen LogP contribution in [0.3, 0.4) is 0 Å². The summed E-state index contributed by atoms with van der Waals surface area (Å²) in [7, 11) is 0. The van der Waals surface area contributed by atoms with Gasteiger partial charge in [0.25, 0.3) is 0 Å². The number of hydrogen-bond acceptors (Lipinski definition) is 1. The van der Waals surface area contributed by atoms with Gasteiger partial charge in [-0.15, -0.1) is 0 Å². The third-order valence-electron chi connectivity index (χ3n) is 5.68. The fourth-order valence-corrected chi connectivity index (χ4v) is 4.12. The number of alkyl halides is 2. The van der Waals surface area contributed by atoms with Crippen LogP contribution in [0.2, 0.25) is 5.02 Å². The van der Waals surface area contributed by atoms with Crippen molar-refractivity contribution in [2.24, 2.45) is 0 Å². The summed E-state index contributed by atoms with van der Waals surface area (Å²) < 4.78 is 104. The smallest absolute Gasteiger partial charge is 0.429 e. The van der Waals surface area contributed by atoms with E-state index in [9.17, 15) is 30.7 Å². The Morgan fingerprint density at radius 1 is 0.703 bits per heavy atom. The first-order valence-electron chi connectivity index (χ1n) is 11.1. The molecule has 4 aromatic rings. The number of benzene rings is 4. The minimum atomic E-state index is -4.25. The highest BCUT2D eigenvalue weighted by Gasteiger charge is 2.39. The van der Waals surface area contributed by atoms with Crippen LogP contribution in [0.5, 0.6) is 5.75 Å². The van der Waals surface area contributed by atoms with Crippen LogP contribution in [0.15, 0.2) is 66.7 Å². The van der Waals surface area contributed by atoms with Crippen molar-refractivity contribution in [2.45, 2.75) is 25.9 Å². The number of rotatable bonds is 7. The van der Waals surface area contributed by atoms with Crippen LogP contribution in [0.1, 0.15) is 24.5 Å². The van der Waals surface area contributed by atoms with E-state index in [1.165, 1.54) is 6.07 Å². The summed E-state index contributed by atoms with van der Waals surface area (Å²) in [4.78, 5) is 0. The second kappa shape index (κ2) is 10.5. The molecule has 0 fully saturated rings. The van der Waals surface area contributed by atoms with Crippen molar-refractivity contribution >= 4 is 11.6 Å². The Hall–Kier alpha value is -3.52. The molecule has 37 heavy (non-hydrogen) atoms. The first-order chi connectivity index (χ1) is 17.5. The summed E-state index contributed by atoms with van der Waals surface area (Å²) in [6, 6.07) is 12.6. The molecule has 0 aromatic heterocycles. The molecule has 192 valence electrons. The monoisotopic (exact) mass is 538 g/mol. The van der Waals surface area contributed by atoms with E-state index in [1.807, 2.05) is 19.1 Å². The fraction of sp³-hybridized carbons (Fsp3) is 0.143. The molecular weight excluding hydrogens is 521 g/mol. The molecule has 4 aromatic carbocycles. The predicted molar refractivity (Wildman–Crippen MR) is 127 cm³/mol. The Morgan fingerprint density at radius 3 is 1.92 bits per heavy atom. The van der Waals surface area contributed by atoms with Crippen molar-refractivity contribution in [2.75, 3.05) is 0 Å². The number of hydrogen-bond donors (Lipinski definition) is 0. The molecule has 0 radical (unpaired) electrons. The number of aryl methyl sites for hydroxylation is 1. The molecule has 9 heteroatoms. The summed E-state index contributed by atoms with van der Waals surface area (Å²) in [5, 5.41) is -0.536. The van der Waals surface area contributed by atoms with Crippen molar-refractivity contribution in [3.05, 3.63) is 112 Å². The minimum Gasteiger partial charge on any atom is -0.429 e. The first kappa shape index (κ1) is 26.5. The van der Waals surface area contributed by atoms with Gasteiger partial charge in [0, 0.05) is 17.2 Å². The van der Waals surface area contributed by atoms with Gasteiger partial charge in [-0.1, -0.05) is 55.3 Å². The highest BCUT2D eigenvalue weighted by atomic mass is 35.5. The predicted octanol–water partition coefficient (Wildman–Crippen LogP) is 9.45. The number of halogens is 8. The van der Waals surface area contributed by atoms with Gasteiger partial charge < -0.3 is 4.74 Å². The van der Waals surface area contributed by atoms with Crippen LogP contribution < -0.4 is 4.74 Å². The lowest BCUT2D eigenvalue weighted by Gasteiger charge is -2.20. The van der Waals surface area contributed by atoms with Gasteiger partial charge in [0.2, 0.25) is 0 Å². The van der Waals surface area contributed by atoms with E-state index in [4.69, 9.17) is 11.6 Å². The van der Waals surface area contributed by atoms with E-state index < -0.39 is 57.1 Å². The summed E-state index contributed by atoms with van der Waals surface area (Å²) >= 11 is 6.08. The third kappa shape index (κ3) is 5.44. The van der Waals surface area contributed by atoms with Gasteiger partial charge in [-0.3, -0.25) is 0 Å². The zero-order chi connectivity index (χ0) is 26.9. The molecule has 0 aliphatic heterocycles. The number of ether oxygens (including phenoxy) is 1. The van der Waals surface area contributed by atoms with E-state index >= 15 is 0 Å². The van der Waals surface area contributed by atoms with Gasteiger partial charge in [-0.25, -0.2) is 22.0 Å². The highest BCUT2D eigenvalue weighted by Crippen LogP contribution is 2.40. The standard InChI is InChI=1S/C28H18ClF7O/c1-2-3-15-4-6-16(7-5-15)20-10-11-21(26(33)25(20)29)28(35,36)37-18-8-9-19(22(30)14-18)17-12-23(31)27(34)24(32)13-17/h4-14H,2-3H2,1H3. The molecule has 1 nitrogen and oxygen atoms in total. The Bertz CT molecular complexity index is 1430. The molecule has 0 atom stereocenters. The average Bonchev–Trinajstić information content (AvgIpc) is 2.84. The first-order valence-corrected chi connectivity index (χ1v) is 11.5. The van der Waals surface area contributed by atoms with E-state index in [0.717, 1.165) is 36.6 Å². The van der Waals surface area contributed by atoms with E-state index in [0.29, 0.717) is 23.8 Å².